The summed E-state index contributed by atoms with van der Waals surface area (Å²) in [4.78, 5) is 36.0. The maximum atomic E-state index is 12.7. The number of aryl methyl sites for hydroxylation is 2. The fourth-order valence-corrected chi connectivity index (χ4v) is 5.93. The number of nitrogens with zero attached hydrogens (tertiary/aromatic N) is 5. The lowest BCUT2D eigenvalue weighted by Crippen LogP contribution is -2.43. The fourth-order valence-electron chi connectivity index (χ4n) is 4.67. The van der Waals surface area contributed by atoms with E-state index in [0.717, 1.165) is 55.8 Å². The Balaban J connectivity index is 1.57. The molecule has 1 aliphatic carbocycles. The van der Waals surface area contributed by atoms with Gasteiger partial charge < -0.3 is 10.2 Å². The van der Waals surface area contributed by atoms with Crippen LogP contribution in [0.1, 0.15) is 49.5 Å². The topological polar surface area (TPSA) is 83.9 Å². The monoisotopic (exact) mass is 436 g/mol. The van der Waals surface area contributed by atoms with E-state index in [2.05, 4.69) is 27.1 Å². The van der Waals surface area contributed by atoms with Crippen molar-refractivity contribution in [1.82, 2.24) is 25.3 Å². The molecule has 0 bridgehead atoms. The third kappa shape index (κ3) is 4.01. The Morgan fingerprint density at radius 3 is 2.97 bits per heavy atom. The van der Waals surface area contributed by atoms with Crippen LogP contribution in [-0.4, -0.2) is 45.5 Å². The minimum absolute atomic E-state index is 0.000237. The van der Waals surface area contributed by atoms with Gasteiger partial charge in [0.1, 0.15) is 16.3 Å². The molecule has 31 heavy (non-hydrogen) atoms. The molecular formula is C23H28N6OS. The van der Waals surface area contributed by atoms with Gasteiger partial charge in [0, 0.05) is 36.9 Å². The van der Waals surface area contributed by atoms with Gasteiger partial charge in [-0.15, -0.1) is 11.3 Å². The van der Waals surface area contributed by atoms with Crippen molar-refractivity contribution < 1.29 is 4.79 Å². The second-order valence-electron chi connectivity index (χ2n) is 8.43. The Morgan fingerprint density at radius 2 is 2.13 bits per heavy atom. The lowest BCUT2D eigenvalue weighted by molar-refractivity contribution is -0.125. The largest absolute Gasteiger partial charge is 0.356 e. The van der Waals surface area contributed by atoms with Crippen LogP contribution in [0.25, 0.3) is 21.7 Å². The molecule has 2 aliphatic rings. The summed E-state index contributed by atoms with van der Waals surface area (Å²) >= 11 is 1.80. The molecule has 0 spiro atoms. The number of hydrogen-bond acceptors (Lipinski definition) is 7. The van der Waals surface area contributed by atoms with Crippen molar-refractivity contribution in [3.8, 4) is 11.5 Å². The third-order valence-electron chi connectivity index (χ3n) is 6.23. The average Bonchev–Trinajstić information content (AvgIpc) is 3.21. The summed E-state index contributed by atoms with van der Waals surface area (Å²) in [6.45, 7) is 4.43. The van der Waals surface area contributed by atoms with Crippen molar-refractivity contribution in [3.63, 3.8) is 0 Å². The van der Waals surface area contributed by atoms with Crippen molar-refractivity contribution in [2.24, 2.45) is 5.92 Å². The van der Waals surface area contributed by atoms with E-state index in [1.807, 2.05) is 0 Å². The molecule has 1 fully saturated rings. The van der Waals surface area contributed by atoms with Crippen LogP contribution in [0.15, 0.2) is 18.6 Å². The zero-order chi connectivity index (χ0) is 21.2. The van der Waals surface area contributed by atoms with E-state index < -0.39 is 0 Å². The molecule has 1 amide bonds. The summed E-state index contributed by atoms with van der Waals surface area (Å²) in [7, 11) is 0. The Kier molecular flexibility index (Phi) is 5.80. The molecule has 7 nitrogen and oxygen atoms in total. The number of piperidine rings is 1. The molecule has 1 unspecified atom stereocenters. The molecule has 1 N–H and O–H groups in total. The maximum absolute atomic E-state index is 12.7. The van der Waals surface area contributed by atoms with Gasteiger partial charge in [0.15, 0.2) is 5.82 Å². The van der Waals surface area contributed by atoms with E-state index in [9.17, 15) is 4.79 Å². The number of rotatable bonds is 5. The summed E-state index contributed by atoms with van der Waals surface area (Å²) in [6, 6.07) is 0. The van der Waals surface area contributed by atoms with E-state index in [-0.39, 0.29) is 11.8 Å². The number of thiophene rings is 1. The Hall–Kier alpha value is -2.61. The summed E-state index contributed by atoms with van der Waals surface area (Å²) in [5.74, 6) is 1.75. The first-order chi connectivity index (χ1) is 15.2. The first kappa shape index (κ1) is 20.3. The molecule has 8 heteroatoms. The zero-order valence-electron chi connectivity index (χ0n) is 17.9. The van der Waals surface area contributed by atoms with Crippen LogP contribution >= 0.6 is 11.3 Å². The molecule has 3 aromatic rings. The number of anilines is 1. The number of hydrogen-bond donors (Lipinski definition) is 1. The van der Waals surface area contributed by atoms with E-state index >= 15 is 0 Å². The molecule has 3 aromatic heterocycles. The lowest BCUT2D eigenvalue weighted by Gasteiger charge is -2.33. The minimum Gasteiger partial charge on any atom is -0.356 e. The zero-order valence-corrected chi connectivity index (χ0v) is 18.7. The Labute approximate surface area is 186 Å². The second-order valence-corrected chi connectivity index (χ2v) is 9.51. The van der Waals surface area contributed by atoms with E-state index in [4.69, 9.17) is 9.97 Å². The Bertz CT molecular complexity index is 1080. The fraction of sp³-hybridized carbons (Fsp3) is 0.522. The predicted molar refractivity (Wildman–Crippen MR) is 123 cm³/mol. The maximum Gasteiger partial charge on any atom is 0.224 e. The molecule has 4 heterocycles. The van der Waals surface area contributed by atoms with Gasteiger partial charge in [0.05, 0.1) is 17.5 Å². The molecule has 162 valence electrons. The number of fused-ring (bicyclic) bond motifs is 3. The van der Waals surface area contributed by atoms with Gasteiger partial charge in [0.2, 0.25) is 5.91 Å². The van der Waals surface area contributed by atoms with Crippen LogP contribution in [0.5, 0.6) is 0 Å². The third-order valence-corrected chi connectivity index (χ3v) is 7.41. The van der Waals surface area contributed by atoms with Gasteiger partial charge in [-0.25, -0.2) is 15.0 Å². The molecule has 5 rings (SSSR count). The Morgan fingerprint density at radius 1 is 1.23 bits per heavy atom. The first-order valence-corrected chi connectivity index (χ1v) is 12.2. The predicted octanol–water partition coefficient (Wildman–Crippen LogP) is 3.77. The molecule has 1 saturated heterocycles. The van der Waals surface area contributed by atoms with Crippen LogP contribution < -0.4 is 10.2 Å². The van der Waals surface area contributed by atoms with Crippen molar-refractivity contribution in [3.05, 3.63) is 29.0 Å². The van der Waals surface area contributed by atoms with Crippen LogP contribution in [0, 0.1) is 5.92 Å². The highest BCUT2D eigenvalue weighted by Gasteiger charge is 2.30. The second kappa shape index (κ2) is 8.86. The highest BCUT2D eigenvalue weighted by Crippen LogP contribution is 2.41. The first-order valence-electron chi connectivity index (χ1n) is 11.4. The molecular weight excluding hydrogens is 408 g/mol. The van der Waals surface area contributed by atoms with E-state index in [1.165, 1.54) is 28.7 Å². The number of carbonyl (C=O) groups is 1. The molecule has 1 aliphatic heterocycles. The van der Waals surface area contributed by atoms with Gasteiger partial charge in [0.25, 0.3) is 0 Å². The quantitative estimate of drug-likeness (QED) is 0.655. The van der Waals surface area contributed by atoms with Gasteiger partial charge in [-0.05, 0) is 50.5 Å². The van der Waals surface area contributed by atoms with E-state index in [1.54, 1.807) is 29.9 Å². The molecule has 0 saturated carbocycles. The summed E-state index contributed by atoms with van der Waals surface area (Å²) in [5, 5.41) is 4.28. The molecule has 1 atom stereocenters. The van der Waals surface area contributed by atoms with Gasteiger partial charge in [-0.3, -0.25) is 9.78 Å². The number of carbonyl (C=O) groups excluding carboxylic acids is 1. The number of aromatic nitrogens is 4. The standard InChI is InChI=1S/C23H28N6OS/c1-2-9-26-22(30)15-6-5-12-29(14-15)21-19-16-7-3-4-8-18(16)31-23(19)28-20(27-21)17-13-24-10-11-25-17/h10-11,13,15H,2-9,12,14H2,1H3,(H,26,30). The highest BCUT2D eigenvalue weighted by atomic mass is 32.1. The van der Waals surface area contributed by atoms with Crippen molar-refractivity contribution >= 4 is 33.3 Å². The van der Waals surface area contributed by atoms with Crippen molar-refractivity contribution in [2.45, 2.75) is 51.9 Å². The highest BCUT2D eigenvalue weighted by molar-refractivity contribution is 7.19. The van der Waals surface area contributed by atoms with Crippen LogP contribution in [-0.2, 0) is 17.6 Å². The van der Waals surface area contributed by atoms with Gasteiger partial charge >= 0.3 is 0 Å². The lowest BCUT2D eigenvalue weighted by atomic mass is 9.95. The normalized spacial score (nSPS) is 18.7. The van der Waals surface area contributed by atoms with E-state index in [0.29, 0.717) is 18.1 Å². The number of nitrogens with one attached hydrogen (secondary N) is 1. The molecule has 0 radical (unpaired) electrons. The van der Waals surface area contributed by atoms with Crippen LogP contribution in [0.3, 0.4) is 0 Å². The summed E-state index contributed by atoms with van der Waals surface area (Å²) in [5.41, 5.74) is 2.11. The van der Waals surface area contributed by atoms with Crippen molar-refractivity contribution in [2.75, 3.05) is 24.5 Å². The summed E-state index contributed by atoms with van der Waals surface area (Å²) in [6.07, 6.45) is 12.6. The number of amides is 1. The smallest absolute Gasteiger partial charge is 0.224 e. The van der Waals surface area contributed by atoms with Gasteiger partial charge in [-0.2, -0.15) is 0 Å². The minimum atomic E-state index is -0.000237. The van der Waals surface area contributed by atoms with Crippen LogP contribution in [0.4, 0.5) is 5.82 Å². The SMILES string of the molecule is CCCNC(=O)C1CCCN(c2nc(-c3cnccn3)nc3sc4c(c23)CCCC4)C1. The molecule has 0 aromatic carbocycles. The van der Waals surface area contributed by atoms with Crippen LogP contribution in [0.2, 0.25) is 0 Å². The summed E-state index contributed by atoms with van der Waals surface area (Å²) < 4.78 is 0. The van der Waals surface area contributed by atoms with Gasteiger partial charge in [-0.1, -0.05) is 6.92 Å². The average molecular weight is 437 g/mol. The van der Waals surface area contributed by atoms with Crippen molar-refractivity contribution in [1.29, 1.82) is 0 Å².